The average molecular weight is 251 g/mol. The average Bonchev–Trinajstić information content (AvgIpc) is 2.44. The summed E-state index contributed by atoms with van der Waals surface area (Å²) in [6.45, 7) is 7.05. The lowest BCUT2D eigenvalue weighted by Gasteiger charge is -2.32. The summed E-state index contributed by atoms with van der Waals surface area (Å²) in [5.74, 6) is 1.47. The molecular weight excluding hydrogens is 230 g/mol. The zero-order valence-corrected chi connectivity index (χ0v) is 11.0. The Morgan fingerprint density at radius 3 is 2.61 bits per heavy atom. The number of aliphatic hydroxyl groups is 1. The van der Waals surface area contributed by atoms with Gasteiger partial charge < -0.3 is 19.5 Å². The van der Waals surface area contributed by atoms with E-state index in [0.29, 0.717) is 18.9 Å². The predicted octanol–water partition coefficient (Wildman–Crippen LogP) is 1.53. The Balaban J connectivity index is 1.96. The number of likely N-dealkylation sites (N-methyl/N-ethyl adjacent to an activating group) is 1. The zero-order valence-electron chi connectivity index (χ0n) is 11.0. The van der Waals surface area contributed by atoms with E-state index in [0.717, 1.165) is 18.8 Å². The number of aliphatic hydroxyl groups excluding tert-OH is 1. The van der Waals surface area contributed by atoms with Crippen molar-refractivity contribution in [2.45, 2.75) is 26.1 Å². The fourth-order valence-electron chi connectivity index (χ4n) is 2.09. The molecule has 1 aliphatic rings. The second kappa shape index (κ2) is 6.07. The third kappa shape index (κ3) is 2.94. The first-order valence-electron chi connectivity index (χ1n) is 6.53. The molecule has 0 bridgehead atoms. The van der Waals surface area contributed by atoms with Gasteiger partial charge in [0.2, 0.25) is 0 Å². The van der Waals surface area contributed by atoms with Crippen molar-refractivity contribution in [2.75, 3.05) is 26.2 Å². The van der Waals surface area contributed by atoms with Gasteiger partial charge in [-0.05, 0) is 25.2 Å². The van der Waals surface area contributed by atoms with Crippen LogP contribution < -0.4 is 9.47 Å². The highest BCUT2D eigenvalue weighted by Gasteiger charge is 2.28. The zero-order chi connectivity index (χ0) is 13.0. The Kier molecular flexibility index (Phi) is 4.44. The number of fused-ring (bicyclic) bond motifs is 1. The monoisotopic (exact) mass is 251 g/mol. The Labute approximate surface area is 108 Å². The lowest BCUT2D eigenvalue weighted by molar-refractivity contribution is -0.0242. The third-order valence-electron chi connectivity index (χ3n) is 3.30. The van der Waals surface area contributed by atoms with Crippen molar-refractivity contribution < 1.29 is 14.6 Å². The van der Waals surface area contributed by atoms with Crippen molar-refractivity contribution in [2.24, 2.45) is 0 Å². The van der Waals surface area contributed by atoms with Gasteiger partial charge in [-0.15, -0.1) is 0 Å². The number of hydrogen-bond acceptors (Lipinski definition) is 4. The summed E-state index contributed by atoms with van der Waals surface area (Å²) < 4.78 is 11.4. The minimum absolute atomic E-state index is 0.291. The first kappa shape index (κ1) is 13.2. The lowest BCUT2D eigenvalue weighted by atomic mass is 10.1. The Hall–Kier alpha value is -1.26. The molecule has 0 fully saturated rings. The van der Waals surface area contributed by atoms with Gasteiger partial charge in [0.05, 0.1) is 0 Å². The molecule has 1 heterocycles. The number of para-hydroxylation sites is 2. The van der Waals surface area contributed by atoms with E-state index in [-0.39, 0.29) is 6.10 Å². The summed E-state index contributed by atoms with van der Waals surface area (Å²) in [4.78, 5) is 2.18. The fourth-order valence-corrected chi connectivity index (χ4v) is 2.09. The molecule has 0 aromatic heterocycles. The van der Waals surface area contributed by atoms with Gasteiger partial charge in [-0.25, -0.2) is 0 Å². The molecule has 4 nitrogen and oxygen atoms in total. The molecule has 0 radical (unpaired) electrons. The maximum Gasteiger partial charge on any atom is 0.161 e. The Morgan fingerprint density at radius 2 is 1.94 bits per heavy atom. The Morgan fingerprint density at radius 1 is 1.28 bits per heavy atom. The van der Waals surface area contributed by atoms with Crippen molar-refractivity contribution in [3.05, 3.63) is 24.3 Å². The molecule has 100 valence electrons. The van der Waals surface area contributed by atoms with Crippen LogP contribution in [0.15, 0.2) is 24.3 Å². The van der Waals surface area contributed by atoms with Gasteiger partial charge in [0.1, 0.15) is 12.7 Å². The van der Waals surface area contributed by atoms with Crippen LogP contribution in [-0.4, -0.2) is 48.5 Å². The molecule has 2 atom stereocenters. The van der Waals surface area contributed by atoms with E-state index in [1.165, 1.54) is 0 Å². The molecule has 0 amide bonds. The molecule has 0 saturated heterocycles. The molecule has 1 aromatic rings. The maximum atomic E-state index is 10.2. The first-order valence-corrected chi connectivity index (χ1v) is 6.53. The van der Waals surface area contributed by atoms with Gasteiger partial charge in [0.25, 0.3) is 0 Å². The van der Waals surface area contributed by atoms with E-state index < -0.39 is 6.10 Å². The van der Waals surface area contributed by atoms with Crippen LogP contribution in [0.4, 0.5) is 0 Å². The normalized spacial score (nSPS) is 19.9. The van der Waals surface area contributed by atoms with Crippen LogP contribution in [0.1, 0.15) is 13.8 Å². The topological polar surface area (TPSA) is 41.9 Å². The highest BCUT2D eigenvalue weighted by molar-refractivity contribution is 5.40. The Bertz CT molecular complexity index is 379. The van der Waals surface area contributed by atoms with Crippen LogP contribution in [0.25, 0.3) is 0 Å². The molecule has 0 saturated carbocycles. The molecule has 0 spiro atoms. The minimum Gasteiger partial charge on any atom is -0.486 e. The van der Waals surface area contributed by atoms with Crippen molar-refractivity contribution in [3.63, 3.8) is 0 Å². The summed E-state index contributed by atoms with van der Waals surface area (Å²) >= 11 is 0. The molecule has 2 rings (SSSR count). The van der Waals surface area contributed by atoms with Crippen molar-refractivity contribution in [1.82, 2.24) is 4.90 Å². The quantitative estimate of drug-likeness (QED) is 0.861. The van der Waals surface area contributed by atoms with Crippen molar-refractivity contribution in [1.29, 1.82) is 0 Å². The van der Waals surface area contributed by atoms with Gasteiger partial charge in [-0.1, -0.05) is 26.0 Å². The smallest absolute Gasteiger partial charge is 0.161 e. The van der Waals surface area contributed by atoms with E-state index in [4.69, 9.17) is 9.47 Å². The molecule has 1 N–H and O–H groups in total. The fraction of sp³-hybridized carbons (Fsp3) is 0.571. The number of hydrogen-bond donors (Lipinski definition) is 1. The van der Waals surface area contributed by atoms with Gasteiger partial charge in [0.15, 0.2) is 17.6 Å². The highest BCUT2D eigenvalue weighted by atomic mass is 16.6. The van der Waals surface area contributed by atoms with Crippen molar-refractivity contribution >= 4 is 0 Å². The second-order valence-electron chi connectivity index (χ2n) is 4.47. The largest absolute Gasteiger partial charge is 0.486 e. The van der Waals surface area contributed by atoms with Gasteiger partial charge >= 0.3 is 0 Å². The predicted molar refractivity (Wildman–Crippen MR) is 70.1 cm³/mol. The van der Waals surface area contributed by atoms with Crippen LogP contribution in [0, 0.1) is 0 Å². The lowest BCUT2D eigenvalue weighted by Crippen LogP contribution is -2.46. The number of nitrogens with zero attached hydrogens (tertiary/aromatic N) is 1. The summed E-state index contributed by atoms with van der Waals surface area (Å²) in [5.41, 5.74) is 0. The van der Waals surface area contributed by atoms with Crippen LogP contribution in [-0.2, 0) is 0 Å². The molecule has 4 heteroatoms. The van der Waals surface area contributed by atoms with E-state index in [1.54, 1.807) is 0 Å². The third-order valence-corrected chi connectivity index (χ3v) is 3.30. The summed E-state index contributed by atoms with van der Waals surface area (Å²) in [5, 5.41) is 10.2. The summed E-state index contributed by atoms with van der Waals surface area (Å²) in [7, 11) is 0. The second-order valence-corrected chi connectivity index (χ2v) is 4.47. The van der Waals surface area contributed by atoms with E-state index in [1.807, 2.05) is 24.3 Å². The number of ether oxygens (including phenoxy) is 2. The molecule has 18 heavy (non-hydrogen) atoms. The SMILES string of the molecule is CCN(CC)C[C@@H](O)[C@@H]1COc2ccccc2O1. The summed E-state index contributed by atoms with van der Waals surface area (Å²) in [6.07, 6.45) is -0.821. The van der Waals surface area contributed by atoms with Crippen molar-refractivity contribution in [3.8, 4) is 11.5 Å². The number of benzene rings is 1. The molecular formula is C14H21NO3. The van der Waals surface area contributed by atoms with Gasteiger partial charge in [-0.2, -0.15) is 0 Å². The molecule has 0 aliphatic carbocycles. The van der Waals surface area contributed by atoms with Gasteiger partial charge in [-0.3, -0.25) is 0 Å². The van der Waals surface area contributed by atoms with Crippen LogP contribution in [0.3, 0.4) is 0 Å². The van der Waals surface area contributed by atoms with Gasteiger partial charge in [0, 0.05) is 6.54 Å². The molecule has 0 unspecified atom stereocenters. The summed E-state index contributed by atoms with van der Waals surface area (Å²) in [6, 6.07) is 7.56. The number of rotatable bonds is 5. The van der Waals surface area contributed by atoms with Crippen LogP contribution in [0.5, 0.6) is 11.5 Å². The van der Waals surface area contributed by atoms with E-state index in [9.17, 15) is 5.11 Å². The minimum atomic E-state index is -0.529. The molecule has 1 aromatic carbocycles. The van der Waals surface area contributed by atoms with E-state index in [2.05, 4.69) is 18.7 Å². The maximum absolute atomic E-state index is 10.2. The standard InChI is InChI=1S/C14H21NO3/c1-3-15(4-2)9-11(16)14-10-17-12-7-5-6-8-13(12)18-14/h5-8,11,14,16H,3-4,9-10H2,1-2H3/t11-,14+/m1/s1. The highest BCUT2D eigenvalue weighted by Crippen LogP contribution is 2.31. The molecule has 1 aliphatic heterocycles. The first-order chi connectivity index (χ1) is 8.74. The van der Waals surface area contributed by atoms with E-state index >= 15 is 0 Å². The van der Waals surface area contributed by atoms with Crippen LogP contribution >= 0.6 is 0 Å². The van der Waals surface area contributed by atoms with Crippen LogP contribution in [0.2, 0.25) is 0 Å².